The number of aliphatic hydroxyl groups excluding tert-OH is 1. The molecule has 1 aromatic rings. The lowest BCUT2D eigenvalue weighted by Crippen LogP contribution is -1.91. The van der Waals surface area contributed by atoms with Crippen LogP contribution in [0.5, 0.6) is 11.5 Å². The third kappa shape index (κ3) is 1.51. The third-order valence-corrected chi connectivity index (χ3v) is 1.81. The molecule has 0 spiro atoms. The molecule has 0 bridgehead atoms. The summed E-state index contributed by atoms with van der Waals surface area (Å²) in [5.41, 5.74) is 1.63. The quantitative estimate of drug-likeness (QED) is 0.697. The predicted molar refractivity (Wildman–Crippen MR) is 45.3 cm³/mol. The first-order valence-electron chi connectivity index (χ1n) is 3.66. The second kappa shape index (κ2) is 3.45. The van der Waals surface area contributed by atoms with Crippen LogP contribution < -0.4 is 4.74 Å². The number of phenols is 1. The van der Waals surface area contributed by atoms with Gasteiger partial charge in [0.25, 0.3) is 0 Å². The summed E-state index contributed by atoms with van der Waals surface area (Å²) in [5.74, 6) is 0.497. The van der Waals surface area contributed by atoms with E-state index < -0.39 is 0 Å². The van der Waals surface area contributed by atoms with Crippen molar-refractivity contribution in [3.63, 3.8) is 0 Å². The van der Waals surface area contributed by atoms with Gasteiger partial charge in [0, 0.05) is 0 Å². The Bertz CT molecular complexity index is 252. The predicted octanol–water partition coefficient (Wildman–Crippen LogP) is 1.20. The fourth-order valence-electron chi connectivity index (χ4n) is 1.05. The van der Waals surface area contributed by atoms with E-state index in [2.05, 4.69) is 0 Å². The van der Waals surface area contributed by atoms with Crippen LogP contribution in [0.15, 0.2) is 12.1 Å². The van der Waals surface area contributed by atoms with E-state index in [0.717, 1.165) is 5.56 Å². The van der Waals surface area contributed by atoms with Crippen LogP contribution in [0.4, 0.5) is 0 Å². The highest BCUT2D eigenvalue weighted by molar-refractivity contribution is 5.45. The maximum atomic E-state index is 9.31. The van der Waals surface area contributed by atoms with Gasteiger partial charge in [-0.2, -0.15) is 0 Å². The van der Waals surface area contributed by atoms with Crippen molar-refractivity contribution < 1.29 is 14.9 Å². The molecular formula is C9H12O3. The Morgan fingerprint density at radius 1 is 1.42 bits per heavy atom. The number of benzene rings is 1. The van der Waals surface area contributed by atoms with Gasteiger partial charge in [-0.1, -0.05) is 0 Å². The van der Waals surface area contributed by atoms with E-state index in [-0.39, 0.29) is 12.4 Å². The topological polar surface area (TPSA) is 49.7 Å². The molecule has 66 valence electrons. The van der Waals surface area contributed by atoms with E-state index in [1.54, 1.807) is 6.07 Å². The molecule has 0 heterocycles. The second-order valence-electron chi connectivity index (χ2n) is 2.61. The fourth-order valence-corrected chi connectivity index (χ4v) is 1.05. The zero-order valence-electron chi connectivity index (χ0n) is 7.16. The van der Waals surface area contributed by atoms with Crippen molar-refractivity contribution in [1.82, 2.24) is 0 Å². The number of hydrogen-bond acceptors (Lipinski definition) is 3. The molecular weight excluding hydrogens is 156 g/mol. The Hall–Kier alpha value is -1.22. The number of hydrogen-bond donors (Lipinski definition) is 2. The first-order chi connectivity index (χ1) is 5.69. The molecule has 3 nitrogen and oxygen atoms in total. The van der Waals surface area contributed by atoms with Crippen LogP contribution in [0.25, 0.3) is 0 Å². The van der Waals surface area contributed by atoms with Gasteiger partial charge in [-0.3, -0.25) is 0 Å². The summed E-state index contributed by atoms with van der Waals surface area (Å²) in [4.78, 5) is 0. The number of methoxy groups -OCH3 is 1. The minimum Gasteiger partial charge on any atom is -0.504 e. The Labute approximate surface area is 71.2 Å². The number of aryl methyl sites for hydroxylation is 1. The largest absolute Gasteiger partial charge is 0.504 e. The van der Waals surface area contributed by atoms with Crippen molar-refractivity contribution >= 4 is 0 Å². The molecule has 0 aliphatic carbocycles. The number of rotatable bonds is 2. The van der Waals surface area contributed by atoms with E-state index in [9.17, 15) is 5.11 Å². The molecule has 0 fully saturated rings. The van der Waals surface area contributed by atoms with Gasteiger partial charge < -0.3 is 14.9 Å². The van der Waals surface area contributed by atoms with E-state index >= 15 is 0 Å². The first kappa shape index (κ1) is 8.87. The zero-order chi connectivity index (χ0) is 9.14. The molecule has 0 aliphatic rings. The average Bonchev–Trinajstić information content (AvgIpc) is 2.08. The molecule has 3 heteroatoms. The molecule has 0 atom stereocenters. The van der Waals surface area contributed by atoms with Crippen LogP contribution in [0.2, 0.25) is 0 Å². The lowest BCUT2D eigenvalue weighted by Gasteiger charge is -2.07. The molecule has 1 rings (SSSR count). The van der Waals surface area contributed by atoms with Crippen molar-refractivity contribution in [2.75, 3.05) is 7.11 Å². The fraction of sp³-hybridized carbons (Fsp3) is 0.333. The van der Waals surface area contributed by atoms with E-state index in [4.69, 9.17) is 9.84 Å². The summed E-state index contributed by atoms with van der Waals surface area (Å²) in [6.07, 6.45) is 0. The van der Waals surface area contributed by atoms with Gasteiger partial charge >= 0.3 is 0 Å². The van der Waals surface area contributed by atoms with Gasteiger partial charge in [0.05, 0.1) is 13.7 Å². The smallest absolute Gasteiger partial charge is 0.160 e. The van der Waals surface area contributed by atoms with Crippen molar-refractivity contribution in [1.29, 1.82) is 0 Å². The molecule has 0 aromatic heterocycles. The van der Waals surface area contributed by atoms with Crippen molar-refractivity contribution in [2.24, 2.45) is 0 Å². The molecule has 0 unspecified atom stereocenters. The monoisotopic (exact) mass is 168 g/mol. The number of phenolic OH excluding ortho intramolecular Hbond substituents is 1. The lowest BCUT2D eigenvalue weighted by atomic mass is 10.1. The van der Waals surface area contributed by atoms with Crippen LogP contribution >= 0.6 is 0 Å². The van der Waals surface area contributed by atoms with Gasteiger partial charge in [-0.05, 0) is 30.2 Å². The first-order valence-corrected chi connectivity index (χ1v) is 3.66. The van der Waals surface area contributed by atoms with Crippen molar-refractivity contribution in [2.45, 2.75) is 13.5 Å². The van der Waals surface area contributed by atoms with Crippen LogP contribution in [-0.4, -0.2) is 17.3 Å². The minimum atomic E-state index is -0.0661. The Morgan fingerprint density at radius 3 is 2.58 bits per heavy atom. The van der Waals surface area contributed by atoms with Crippen LogP contribution in [0.3, 0.4) is 0 Å². The summed E-state index contributed by atoms with van der Waals surface area (Å²) in [6, 6.07) is 3.20. The normalized spacial score (nSPS) is 9.92. The summed E-state index contributed by atoms with van der Waals surface area (Å²) in [7, 11) is 1.49. The van der Waals surface area contributed by atoms with Gasteiger partial charge in [0.2, 0.25) is 0 Å². The highest BCUT2D eigenvalue weighted by atomic mass is 16.5. The molecule has 0 aliphatic heterocycles. The van der Waals surface area contributed by atoms with Gasteiger partial charge in [-0.15, -0.1) is 0 Å². The minimum absolute atomic E-state index is 0.0622. The van der Waals surface area contributed by atoms with E-state index in [0.29, 0.717) is 11.3 Å². The van der Waals surface area contributed by atoms with Crippen LogP contribution in [0, 0.1) is 6.92 Å². The third-order valence-electron chi connectivity index (χ3n) is 1.81. The molecule has 12 heavy (non-hydrogen) atoms. The van der Waals surface area contributed by atoms with Gasteiger partial charge in [0.15, 0.2) is 11.5 Å². The Kier molecular flexibility index (Phi) is 2.55. The SMILES string of the molecule is COc1cc(C)c(CO)cc1O. The van der Waals surface area contributed by atoms with Crippen molar-refractivity contribution in [3.8, 4) is 11.5 Å². The molecule has 0 saturated carbocycles. The zero-order valence-corrected chi connectivity index (χ0v) is 7.16. The van der Waals surface area contributed by atoms with Crippen LogP contribution in [-0.2, 0) is 6.61 Å². The number of ether oxygens (including phenoxy) is 1. The lowest BCUT2D eigenvalue weighted by molar-refractivity contribution is 0.279. The van der Waals surface area contributed by atoms with Crippen molar-refractivity contribution in [3.05, 3.63) is 23.3 Å². The number of aliphatic hydroxyl groups is 1. The maximum absolute atomic E-state index is 9.31. The summed E-state index contributed by atoms with van der Waals surface area (Å²) in [6.45, 7) is 1.79. The number of aromatic hydroxyl groups is 1. The molecule has 1 aromatic carbocycles. The standard InChI is InChI=1S/C9H12O3/c1-6-3-9(12-2)8(11)4-7(6)5-10/h3-4,10-11H,5H2,1-2H3. The Morgan fingerprint density at radius 2 is 2.08 bits per heavy atom. The average molecular weight is 168 g/mol. The molecule has 2 N–H and O–H groups in total. The molecule has 0 amide bonds. The molecule has 0 radical (unpaired) electrons. The maximum Gasteiger partial charge on any atom is 0.160 e. The van der Waals surface area contributed by atoms with Gasteiger partial charge in [0.1, 0.15) is 0 Å². The van der Waals surface area contributed by atoms with Gasteiger partial charge in [-0.25, -0.2) is 0 Å². The van der Waals surface area contributed by atoms with E-state index in [1.165, 1.54) is 13.2 Å². The summed E-state index contributed by atoms with van der Waals surface area (Å²) >= 11 is 0. The van der Waals surface area contributed by atoms with E-state index in [1.807, 2.05) is 6.92 Å². The summed E-state index contributed by atoms with van der Waals surface area (Å²) in [5, 5.41) is 18.2. The second-order valence-corrected chi connectivity index (χ2v) is 2.61. The molecule has 0 saturated heterocycles. The Balaban J connectivity index is 3.16. The highest BCUT2D eigenvalue weighted by Crippen LogP contribution is 2.28. The highest BCUT2D eigenvalue weighted by Gasteiger charge is 2.05. The summed E-state index contributed by atoms with van der Waals surface area (Å²) < 4.78 is 4.89. The van der Waals surface area contributed by atoms with Crippen LogP contribution in [0.1, 0.15) is 11.1 Å².